The summed E-state index contributed by atoms with van der Waals surface area (Å²) < 4.78 is 5.67. The molecule has 5 N–H and O–H groups in total. The lowest BCUT2D eigenvalue weighted by atomic mass is 9.49. The molecule has 6 radical (unpaired) electrons. The number of hydrogen-bond acceptors (Lipinski definition) is 9. The summed E-state index contributed by atoms with van der Waals surface area (Å²) in [6, 6.07) is 6.89. The normalized spacial score (nSPS) is 13.2. The van der Waals surface area contributed by atoms with Crippen molar-refractivity contribution in [3.63, 3.8) is 0 Å². The molecule has 35 heavy (non-hydrogen) atoms. The summed E-state index contributed by atoms with van der Waals surface area (Å²) in [5.74, 6) is -0.329. The minimum absolute atomic E-state index is 0.0444. The smallest absolute Gasteiger partial charge is 0.272 e. The van der Waals surface area contributed by atoms with Crippen LogP contribution in [0.2, 0.25) is 0 Å². The molecule has 2 heterocycles. The summed E-state index contributed by atoms with van der Waals surface area (Å²) in [6.45, 7) is 0.374. The number of hydrogen-bond donors (Lipinski definition) is 4. The van der Waals surface area contributed by atoms with Crippen LogP contribution in [0.1, 0.15) is 28.2 Å². The van der Waals surface area contributed by atoms with Gasteiger partial charge in [0.25, 0.3) is 5.91 Å². The van der Waals surface area contributed by atoms with Crippen LogP contribution in [-0.2, 0) is 11.3 Å². The highest BCUT2D eigenvalue weighted by molar-refractivity contribution is 7.15. The monoisotopic (exact) mass is 483 g/mol. The summed E-state index contributed by atoms with van der Waals surface area (Å²) in [7, 11) is 18.1. The molecule has 0 spiro atoms. The van der Waals surface area contributed by atoms with Crippen LogP contribution in [-0.4, -0.2) is 62.9 Å². The van der Waals surface area contributed by atoms with E-state index in [0.717, 1.165) is 23.3 Å². The van der Waals surface area contributed by atoms with Crippen LogP contribution in [0.3, 0.4) is 0 Å². The molecular weight excluding hydrogens is 463 g/mol. The molecule has 172 valence electrons. The minimum atomic E-state index is -1.97. The second-order valence-electron chi connectivity index (χ2n) is 7.99. The van der Waals surface area contributed by atoms with Crippen LogP contribution in [0, 0.1) is 5.92 Å². The molecule has 1 aliphatic rings. The van der Waals surface area contributed by atoms with Gasteiger partial charge in [0.1, 0.15) is 5.01 Å². The predicted octanol–water partition coefficient (Wildman–Crippen LogP) is 1.01. The first kappa shape index (κ1) is 24.7. The number of benzene rings is 1. The number of anilines is 3. The number of rotatable bonds is 9. The molecule has 1 aromatic carbocycles. The Labute approximate surface area is 210 Å². The van der Waals surface area contributed by atoms with Crippen LogP contribution >= 0.6 is 11.3 Å². The fraction of sp³-hybridized carbons (Fsp3) is 0.286. The predicted molar refractivity (Wildman–Crippen MR) is 136 cm³/mol. The van der Waals surface area contributed by atoms with Gasteiger partial charge < -0.3 is 26.4 Å². The van der Waals surface area contributed by atoms with E-state index in [9.17, 15) is 9.59 Å². The average Bonchev–Trinajstić information content (AvgIpc) is 3.55. The number of carbonyl (C=O) groups is 2. The van der Waals surface area contributed by atoms with Gasteiger partial charge in [0.2, 0.25) is 5.91 Å². The van der Waals surface area contributed by atoms with Crippen LogP contribution < -0.4 is 26.4 Å². The molecule has 10 nitrogen and oxygen atoms in total. The van der Waals surface area contributed by atoms with E-state index in [1.807, 2.05) is 6.07 Å². The van der Waals surface area contributed by atoms with Crippen molar-refractivity contribution in [3.05, 3.63) is 41.0 Å². The number of nitrogens with two attached hydrogens (primary N) is 1. The number of methoxy groups -OCH3 is 1. The summed E-state index contributed by atoms with van der Waals surface area (Å²) in [5.41, 5.74) is 7.02. The van der Waals surface area contributed by atoms with Crippen molar-refractivity contribution in [1.82, 2.24) is 20.5 Å². The molecule has 0 atom stereocenters. The van der Waals surface area contributed by atoms with E-state index in [1.54, 1.807) is 18.3 Å². The Kier molecular flexibility index (Phi) is 7.13. The SMILES string of the molecule is [B]C([B])([B])NC(=O)c1nnc(NC(=O)C2CC2)cc1Nc1cccc(-c2ncc(CN)s2)c1OC. The van der Waals surface area contributed by atoms with Gasteiger partial charge in [-0.1, -0.05) is 11.3 Å². The third kappa shape index (κ3) is 6.01. The molecular formula is C21H20B3N7O3S. The van der Waals surface area contributed by atoms with E-state index < -0.39 is 11.1 Å². The summed E-state index contributed by atoms with van der Waals surface area (Å²) in [4.78, 5) is 30.3. The van der Waals surface area contributed by atoms with Gasteiger partial charge in [-0.15, -0.1) is 21.5 Å². The standard InChI is InChI=1S/C21H20B3N7O3S/c1-34-17-12(20-26-9-11(8-25)35-20)3-2-4-13(17)27-14-7-15(28-18(32)10-5-6-10)30-31-16(14)19(33)29-21(22,23)24/h2-4,7,9-10H,5-6,8,25H2,1H3,(H,29,33)(H2,27,28,30,32). The maximum Gasteiger partial charge on any atom is 0.272 e. The van der Waals surface area contributed by atoms with Crippen LogP contribution in [0.5, 0.6) is 5.75 Å². The number of ether oxygens (including phenoxy) is 1. The Morgan fingerprint density at radius 2 is 2.00 bits per heavy atom. The van der Waals surface area contributed by atoms with Gasteiger partial charge in [-0.25, -0.2) is 4.98 Å². The van der Waals surface area contributed by atoms with Gasteiger partial charge in [-0.2, -0.15) is 0 Å². The number of aromatic nitrogens is 3. The first-order chi connectivity index (χ1) is 16.7. The zero-order valence-corrected chi connectivity index (χ0v) is 19.7. The largest absolute Gasteiger partial charge is 0.494 e. The fourth-order valence-electron chi connectivity index (χ4n) is 3.24. The number of thiazole rings is 1. The van der Waals surface area contributed by atoms with Gasteiger partial charge in [-0.05, 0) is 25.0 Å². The molecule has 4 rings (SSSR count). The molecule has 1 aliphatic carbocycles. The van der Waals surface area contributed by atoms with Crippen molar-refractivity contribution in [2.45, 2.75) is 24.6 Å². The molecule has 0 unspecified atom stereocenters. The Hall–Kier alpha value is -3.38. The summed E-state index contributed by atoms with van der Waals surface area (Å²) in [6.07, 6.45) is 3.36. The molecule has 2 amide bonds. The highest BCUT2D eigenvalue weighted by Crippen LogP contribution is 2.40. The van der Waals surface area contributed by atoms with Crippen molar-refractivity contribution < 1.29 is 14.3 Å². The second-order valence-corrected chi connectivity index (χ2v) is 9.10. The van der Waals surface area contributed by atoms with E-state index in [-0.39, 0.29) is 29.0 Å². The molecule has 14 heteroatoms. The zero-order chi connectivity index (χ0) is 25.2. The Bertz CT molecular complexity index is 1260. The summed E-state index contributed by atoms with van der Waals surface area (Å²) in [5, 5.41) is 14.7. The third-order valence-corrected chi connectivity index (χ3v) is 6.07. The number of carbonyl (C=O) groups excluding carboxylic acids is 2. The average molecular weight is 483 g/mol. The van der Waals surface area contributed by atoms with Crippen molar-refractivity contribution in [1.29, 1.82) is 0 Å². The Morgan fingerprint density at radius 3 is 2.63 bits per heavy atom. The molecule has 0 saturated heterocycles. The van der Waals surface area contributed by atoms with E-state index in [0.29, 0.717) is 23.0 Å². The lowest BCUT2D eigenvalue weighted by molar-refractivity contribution is -0.117. The first-order valence-electron chi connectivity index (χ1n) is 10.7. The Balaban J connectivity index is 1.72. The lowest BCUT2D eigenvalue weighted by Gasteiger charge is -2.23. The molecule has 1 fully saturated rings. The molecule has 0 aliphatic heterocycles. The fourth-order valence-corrected chi connectivity index (χ4v) is 4.05. The molecule has 3 aromatic rings. The van der Waals surface area contributed by atoms with E-state index in [2.05, 4.69) is 31.1 Å². The minimum Gasteiger partial charge on any atom is -0.494 e. The van der Waals surface area contributed by atoms with Gasteiger partial charge in [-0.3, -0.25) is 9.59 Å². The highest BCUT2D eigenvalue weighted by Gasteiger charge is 2.30. The first-order valence-corrected chi connectivity index (χ1v) is 11.5. The Morgan fingerprint density at radius 1 is 1.23 bits per heavy atom. The van der Waals surface area contributed by atoms with Crippen molar-refractivity contribution >= 4 is 63.9 Å². The second kappa shape index (κ2) is 10.1. The molecule has 0 bridgehead atoms. The number of nitrogens with one attached hydrogen (secondary N) is 3. The van der Waals surface area contributed by atoms with E-state index in [1.165, 1.54) is 24.5 Å². The third-order valence-electron chi connectivity index (χ3n) is 5.01. The number of para-hydroxylation sites is 1. The number of amides is 2. The van der Waals surface area contributed by atoms with E-state index in [4.69, 9.17) is 34.0 Å². The maximum absolute atomic E-state index is 12.8. The van der Waals surface area contributed by atoms with Crippen molar-refractivity contribution in [2.75, 3.05) is 17.7 Å². The highest BCUT2D eigenvalue weighted by atomic mass is 32.1. The quantitative estimate of drug-likeness (QED) is 0.331. The van der Waals surface area contributed by atoms with Crippen LogP contribution in [0.15, 0.2) is 30.5 Å². The van der Waals surface area contributed by atoms with E-state index >= 15 is 0 Å². The molecule has 1 saturated carbocycles. The summed E-state index contributed by atoms with van der Waals surface area (Å²) >= 11 is 1.44. The lowest BCUT2D eigenvalue weighted by Crippen LogP contribution is -2.50. The van der Waals surface area contributed by atoms with Crippen LogP contribution in [0.25, 0.3) is 10.6 Å². The van der Waals surface area contributed by atoms with Gasteiger partial charge in [0.05, 0.1) is 47.6 Å². The van der Waals surface area contributed by atoms with Crippen molar-refractivity contribution in [3.8, 4) is 16.3 Å². The van der Waals surface area contributed by atoms with Gasteiger partial charge >= 0.3 is 0 Å². The molecule has 2 aromatic heterocycles. The zero-order valence-electron chi connectivity index (χ0n) is 18.9. The van der Waals surface area contributed by atoms with Crippen molar-refractivity contribution in [2.24, 2.45) is 11.7 Å². The maximum atomic E-state index is 12.8. The van der Waals surface area contributed by atoms with Gasteiger partial charge in [0, 0.05) is 29.6 Å². The van der Waals surface area contributed by atoms with Crippen LogP contribution in [0.4, 0.5) is 17.2 Å². The topological polar surface area (TPSA) is 144 Å². The number of nitrogens with zero attached hydrogens (tertiary/aromatic N) is 3. The van der Waals surface area contributed by atoms with Gasteiger partial charge in [0.15, 0.2) is 17.3 Å².